The fourth-order valence-corrected chi connectivity index (χ4v) is 2.83. The van der Waals surface area contributed by atoms with Crippen LogP contribution in [0.25, 0.3) is 0 Å². The van der Waals surface area contributed by atoms with Crippen molar-refractivity contribution in [1.29, 1.82) is 0 Å². The number of phenolic OH excluding ortho intramolecular Hbond substituents is 1. The van der Waals surface area contributed by atoms with Crippen LogP contribution in [0.2, 0.25) is 5.02 Å². The van der Waals surface area contributed by atoms with Gasteiger partial charge in [-0.2, -0.15) is 0 Å². The van der Waals surface area contributed by atoms with Crippen LogP contribution in [0, 0.1) is 0 Å². The molecule has 0 bridgehead atoms. The van der Waals surface area contributed by atoms with Crippen molar-refractivity contribution in [2.75, 3.05) is 19.6 Å². The van der Waals surface area contributed by atoms with Crippen LogP contribution in [0.3, 0.4) is 0 Å². The number of benzene rings is 1. The SMILES string of the molecule is C[C@@H]1CN(C(=O)c2cc(Cl)cc(Br)c2O)CCN1.Cl. The Balaban J connectivity index is 0.00000180. The molecule has 1 heterocycles. The van der Waals surface area contributed by atoms with Gasteiger partial charge in [0.25, 0.3) is 5.91 Å². The molecule has 1 atom stereocenters. The van der Waals surface area contributed by atoms with Gasteiger partial charge in [0.05, 0.1) is 10.0 Å². The normalized spacial score (nSPS) is 18.9. The predicted molar refractivity (Wildman–Crippen MR) is 81.4 cm³/mol. The largest absolute Gasteiger partial charge is 0.506 e. The molecule has 1 aliphatic heterocycles. The summed E-state index contributed by atoms with van der Waals surface area (Å²) in [5.41, 5.74) is 0.239. The van der Waals surface area contributed by atoms with Gasteiger partial charge in [-0.15, -0.1) is 12.4 Å². The minimum absolute atomic E-state index is 0. The van der Waals surface area contributed by atoms with E-state index in [1.807, 2.05) is 6.92 Å². The highest BCUT2D eigenvalue weighted by atomic mass is 79.9. The lowest BCUT2D eigenvalue weighted by molar-refractivity contribution is 0.0706. The molecule has 0 aliphatic carbocycles. The Labute approximate surface area is 131 Å². The fourth-order valence-electron chi connectivity index (χ4n) is 2.02. The number of carbonyl (C=O) groups excluding carboxylic acids is 1. The molecule has 4 nitrogen and oxygen atoms in total. The first-order valence-corrected chi connectivity index (χ1v) is 6.87. The number of hydrogen-bond acceptors (Lipinski definition) is 3. The zero-order valence-electron chi connectivity index (χ0n) is 10.3. The Kier molecular flexibility index (Phi) is 5.92. The Morgan fingerprint density at radius 2 is 2.26 bits per heavy atom. The van der Waals surface area contributed by atoms with Crippen LogP contribution in [-0.2, 0) is 0 Å². The molecular formula is C12H15BrCl2N2O2. The number of phenols is 1. The standard InChI is InChI=1S/C12H14BrClN2O2.ClH/c1-7-6-16(3-2-15-7)12(18)9-4-8(14)5-10(13)11(9)17;/h4-5,7,15,17H,2-3,6H2,1H3;1H/t7-;/m1./s1. The lowest BCUT2D eigenvalue weighted by atomic mass is 10.1. The smallest absolute Gasteiger partial charge is 0.257 e. The van der Waals surface area contributed by atoms with E-state index in [4.69, 9.17) is 11.6 Å². The molecule has 106 valence electrons. The summed E-state index contributed by atoms with van der Waals surface area (Å²) in [6.07, 6.45) is 0. The number of rotatable bonds is 1. The van der Waals surface area contributed by atoms with Crippen LogP contribution < -0.4 is 5.32 Å². The summed E-state index contributed by atoms with van der Waals surface area (Å²) in [4.78, 5) is 14.1. The Hall–Kier alpha value is -0.490. The summed E-state index contributed by atoms with van der Waals surface area (Å²) in [7, 11) is 0. The number of amides is 1. The number of hydrogen-bond donors (Lipinski definition) is 2. The molecule has 1 aromatic rings. The van der Waals surface area contributed by atoms with E-state index in [1.165, 1.54) is 6.07 Å². The van der Waals surface area contributed by atoms with Crippen LogP contribution in [0.5, 0.6) is 5.75 Å². The van der Waals surface area contributed by atoms with Crippen LogP contribution in [0.4, 0.5) is 0 Å². The predicted octanol–water partition coefficient (Wildman–Crippen LogP) is 2.66. The van der Waals surface area contributed by atoms with Gasteiger partial charge < -0.3 is 15.3 Å². The van der Waals surface area contributed by atoms with Gasteiger partial charge in [0, 0.05) is 30.7 Å². The summed E-state index contributed by atoms with van der Waals surface area (Å²) in [5.74, 6) is -0.250. The van der Waals surface area contributed by atoms with E-state index in [0.29, 0.717) is 22.6 Å². The minimum Gasteiger partial charge on any atom is -0.506 e. The molecule has 0 spiro atoms. The average Bonchev–Trinajstić information content (AvgIpc) is 2.33. The second-order valence-corrected chi connectivity index (χ2v) is 5.68. The van der Waals surface area contributed by atoms with E-state index >= 15 is 0 Å². The second-order valence-electron chi connectivity index (χ2n) is 4.39. The monoisotopic (exact) mass is 368 g/mol. The van der Waals surface area contributed by atoms with Crippen molar-refractivity contribution in [3.8, 4) is 5.75 Å². The average molecular weight is 370 g/mol. The van der Waals surface area contributed by atoms with Crippen molar-refractivity contribution >= 4 is 45.8 Å². The first-order valence-electron chi connectivity index (χ1n) is 5.69. The molecule has 7 heteroatoms. The van der Waals surface area contributed by atoms with Gasteiger partial charge in [0.2, 0.25) is 0 Å². The number of halogens is 3. The third kappa shape index (κ3) is 3.75. The quantitative estimate of drug-likeness (QED) is 0.800. The summed E-state index contributed by atoms with van der Waals surface area (Å²) >= 11 is 9.09. The van der Waals surface area contributed by atoms with Crippen LogP contribution >= 0.6 is 39.9 Å². The van der Waals surface area contributed by atoms with Crippen molar-refractivity contribution in [3.63, 3.8) is 0 Å². The molecule has 2 rings (SSSR count). The fraction of sp³-hybridized carbons (Fsp3) is 0.417. The van der Waals surface area contributed by atoms with Crippen LogP contribution in [0.15, 0.2) is 16.6 Å². The molecule has 0 aromatic heterocycles. The summed E-state index contributed by atoms with van der Waals surface area (Å²) < 4.78 is 0.432. The Morgan fingerprint density at radius 1 is 1.58 bits per heavy atom. The molecule has 1 aromatic carbocycles. The van der Waals surface area contributed by atoms with Crippen molar-refractivity contribution in [1.82, 2.24) is 10.2 Å². The lowest BCUT2D eigenvalue weighted by Gasteiger charge is -2.32. The highest BCUT2D eigenvalue weighted by Gasteiger charge is 2.24. The Morgan fingerprint density at radius 3 is 2.89 bits per heavy atom. The van der Waals surface area contributed by atoms with Gasteiger partial charge in [-0.05, 0) is 35.0 Å². The first kappa shape index (κ1) is 16.6. The third-order valence-electron chi connectivity index (χ3n) is 2.91. The number of nitrogens with one attached hydrogen (secondary N) is 1. The van der Waals surface area contributed by atoms with E-state index < -0.39 is 0 Å². The first-order chi connectivity index (χ1) is 8.49. The van der Waals surface area contributed by atoms with E-state index in [-0.39, 0.29) is 35.7 Å². The van der Waals surface area contributed by atoms with E-state index in [0.717, 1.165) is 6.54 Å². The number of carbonyl (C=O) groups is 1. The third-order valence-corrected chi connectivity index (χ3v) is 3.74. The van der Waals surface area contributed by atoms with Gasteiger partial charge in [0.15, 0.2) is 0 Å². The molecule has 2 N–H and O–H groups in total. The van der Waals surface area contributed by atoms with Gasteiger partial charge in [-0.3, -0.25) is 4.79 Å². The van der Waals surface area contributed by atoms with E-state index in [9.17, 15) is 9.90 Å². The zero-order chi connectivity index (χ0) is 13.3. The molecule has 19 heavy (non-hydrogen) atoms. The van der Waals surface area contributed by atoms with Crippen LogP contribution in [-0.4, -0.2) is 41.6 Å². The maximum absolute atomic E-state index is 12.3. The number of nitrogens with zero attached hydrogens (tertiary/aromatic N) is 1. The number of aromatic hydroxyl groups is 1. The summed E-state index contributed by atoms with van der Waals surface area (Å²) in [6.45, 7) is 4.04. The molecule has 1 fully saturated rings. The summed E-state index contributed by atoms with van der Waals surface area (Å²) in [6, 6.07) is 3.32. The topological polar surface area (TPSA) is 52.6 Å². The molecule has 1 saturated heterocycles. The maximum atomic E-state index is 12.3. The van der Waals surface area contributed by atoms with Gasteiger partial charge in [0.1, 0.15) is 5.75 Å². The van der Waals surface area contributed by atoms with Gasteiger partial charge in [-0.25, -0.2) is 0 Å². The highest BCUT2D eigenvalue weighted by Crippen LogP contribution is 2.32. The molecule has 1 aliphatic rings. The molecule has 0 unspecified atom stereocenters. The summed E-state index contributed by atoms with van der Waals surface area (Å²) in [5, 5.41) is 13.6. The van der Waals surface area contributed by atoms with Crippen LogP contribution in [0.1, 0.15) is 17.3 Å². The minimum atomic E-state index is -0.191. The van der Waals surface area contributed by atoms with Crippen molar-refractivity contribution in [2.24, 2.45) is 0 Å². The maximum Gasteiger partial charge on any atom is 0.257 e. The zero-order valence-corrected chi connectivity index (χ0v) is 13.5. The second kappa shape index (κ2) is 6.79. The van der Waals surface area contributed by atoms with Gasteiger partial charge in [-0.1, -0.05) is 11.6 Å². The molecule has 0 radical (unpaired) electrons. The van der Waals surface area contributed by atoms with Crippen molar-refractivity contribution in [3.05, 3.63) is 27.2 Å². The molecule has 0 saturated carbocycles. The lowest BCUT2D eigenvalue weighted by Crippen LogP contribution is -2.51. The van der Waals surface area contributed by atoms with Crippen molar-refractivity contribution in [2.45, 2.75) is 13.0 Å². The van der Waals surface area contributed by atoms with Gasteiger partial charge >= 0.3 is 0 Å². The van der Waals surface area contributed by atoms with E-state index in [1.54, 1.807) is 11.0 Å². The highest BCUT2D eigenvalue weighted by molar-refractivity contribution is 9.10. The number of piperazine rings is 1. The molecular weight excluding hydrogens is 355 g/mol. The van der Waals surface area contributed by atoms with E-state index in [2.05, 4.69) is 21.2 Å². The Bertz CT molecular complexity index is 485. The molecule has 1 amide bonds. The van der Waals surface area contributed by atoms with Crippen molar-refractivity contribution < 1.29 is 9.90 Å².